The van der Waals surface area contributed by atoms with E-state index in [1.54, 1.807) is 6.08 Å². The molecule has 0 radical (unpaired) electrons. The highest BCUT2D eigenvalue weighted by atomic mass is 16.5. The molecule has 0 saturated heterocycles. The number of ether oxygens (including phenoxy) is 1. The fourth-order valence-corrected chi connectivity index (χ4v) is 1.58. The number of aryl methyl sites for hydroxylation is 1. The number of hydrogen-bond acceptors (Lipinski definition) is 2. The summed E-state index contributed by atoms with van der Waals surface area (Å²) in [6.07, 6.45) is 1.44. The Kier molecular flexibility index (Phi) is 2.12. The van der Waals surface area contributed by atoms with Gasteiger partial charge in [-0.15, -0.1) is 0 Å². The second kappa shape index (κ2) is 3.29. The summed E-state index contributed by atoms with van der Waals surface area (Å²) in [4.78, 5) is 11.0. The lowest BCUT2D eigenvalue weighted by Crippen LogP contribution is -2.05. The molecular weight excluding hydrogens is 176 g/mol. The van der Waals surface area contributed by atoms with Crippen LogP contribution in [0.5, 0.6) is 0 Å². The van der Waals surface area contributed by atoms with E-state index in [1.807, 2.05) is 38.1 Å². The molecular formula is C12H12O2. The summed E-state index contributed by atoms with van der Waals surface area (Å²) in [7, 11) is 0. The maximum absolute atomic E-state index is 11.0. The minimum atomic E-state index is -0.243. The van der Waals surface area contributed by atoms with Crippen LogP contribution in [0.1, 0.15) is 18.1 Å². The van der Waals surface area contributed by atoms with Crippen LogP contribution in [-0.4, -0.2) is 12.1 Å². The van der Waals surface area contributed by atoms with E-state index in [0.717, 1.165) is 11.1 Å². The van der Waals surface area contributed by atoms with Crippen molar-refractivity contribution in [1.82, 2.24) is 0 Å². The SMILES string of the molecule is Cc1ccc(C2=CC(=O)OC2C)cc1. The third kappa shape index (κ3) is 1.55. The normalized spacial score (nSPS) is 20.6. The molecule has 1 aliphatic heterocycles. The van der Waals surface area contributed by atoms with Gasteiger partial charge in [-0.25, -0.2) is 4.79 Å². The molecule has 0 N–H and O–H groups in total. The first-order valence-corrected chi connectivity index (χ1v) is 4.66. The van der Waals surface area contributed by atoms with E-state index >= 15 is 0 Å². The van der Waals surface area contributed by atoms with Crippen molar-refractivity contribution in [2.24, 2.45) is 0 Å². The lowest BCUT2D eigenvalue weighted by atomic mass is 10.0. The predicted molar refractivity (Wildman–Crippen MR) is 54.7 cm³/mol. The van der Waals surface area contributed by atoms with Gasteiger partial charge in [0.25, 0.3) is 0 Å². The van der Waals surface area contributed by atoms with Crippen LogP contribution in [0.25, 0.3) is 5.57 Å². The van der Waals surface area contributed by atoms with Crippen molar-refractivity contribution in [2.75, 3.05) is 0 Å². The zero-order chi connectivity index (χ0) is 10.1. The molecule has 1 heterocycles. The van der Waals surface area contributed by atoms with Crippen molar-refractivity contribution in [2.45, 2.75) is 20.0 Å². The molecule has 1 aromatic carbocycles. The molecule has 1 aliphatic rings. The molecule has 0 spiro atoms. The van der Waals surface area contributed by atoms with Crippen molar-refractivity contribution in [3.8, 4) is 0 Å². The van der Waals surface area contributed by atoms with Gasteiger partial charge in [0.2, 0.25) is 0 Å². The van der Waals surface area contributed by atoms with Gasteiger partial charge < -0.3 is 4.74 Å². The van der Waals surface area contributed by atoms with Gasteiger partial charge in [0, 0.05) is 11.6 Å². The Morgan fingerprint density at radius 1 is 1.21 bits per heavy atom. The average molecular weight is 188 g/mol. The van der Waals surface area contributed by atoms with E-state index in [2.05, 4.69) is 0 Å². The summed E-state index contributed by atoms with van der Waals surface area (Å²) in [5.74, 6) is -0.243. The Balaban J connectivity index is 2.36. The van der Waals surface area contributed by atoms with Gasteiger partial charge in [-0.3, -0.25) is 0 Å². The highest BCUT2D eigenvalue weighted by Gasteiger charge is 2.22. The summed E-state index contributed by atoms with van der Waals surface area (Å²) in [6, 6.07) is 8.09. The molecule has 1 unspecified atom stereocenters. The minimum absolute atomic E-state index is 0.120. The van der Waals surface area contributed by atoms with Crippen LogP contribution in [0.15, 0.2) is 30.3 Å². The first-order valence-electron chi connectivity index (χ1n) is 4.66. The second-order valence-electron chi connectivity index (χ2n) is 3.54. The van der Waals surface area contributed by atoms with Gasteiger partial charge in [0.1, 0.15) is 6.10 Å². The number of benzene rings is 1. The Labute approximate surface area is 83.2 Å². The van der Waals surface area contributed by atoms with Gasteiger partial charge in [0.05, 0.1) is 0 Å². The van der Waals surface area contributed by atoms with Gasteiger partial charge in [0.15, 0.2) is 0 Å². The number of cyclic esters (lactones) is 1. The second-order valence-corrected chi connectivity index (χ2v) is 3.54. The van der Waals surface area contributed by atoms with Crippen molar-refractivity contribution < 1.29 is 9.53 Å². The van der Waals surface area contributed by atoms with E-state index in [1.165, 1.54) is 5.56 Å². The zero-order valence-corrected chi connectivity index (χ0v) is 8.28. The molecule has 2 rings (SSSR count). The van der Waals surface area contributed by atoms with E-state index in [0.29, 0.717) is 0 Å². The third-order valence-electron chi connectivity index (χ3n) is 2.39. The van der Waals surface area contributed by atoms with Gasteiger partial charge in [-0.05, 0) is 19.4 Å². The summed E-state index contributed by atoms with van der Waals surface area (Å²) < 4.78 is 5.03. The van der Waals surface area contributed by atoms with Crippen LogP contribution in [0, 0.1) is 6.92 Å². The molecule has 0 fully saturated rings. The molecule has 2 heteroatoms. The fourth-order valence-electron chi connectivity index (χ4n) is 1.58. The minimum Gasteiger partial charge on any atom is -0.455 e. The summed E-state index contributed by atoms with van der Waals surface area (Å²) >= 11 is 0. The maximum Gasteiger partial charge on any atom is 0.331 e. The molecule has 1 aromatic rings. The van der Waals surface area contributed by atoms with E-state index in [-0.39, 0.29) is 12.1 Å². The molecule has 0 amide bonds. The fraction of sp³-hybridized carbons (Fsp3) is 0.250. The molecule has 0 aliphatic carbocycles. The zero-order valence-electron chi connectivity index (χ0n) is 8.28. The number of hydrogen-bond donors (Lipinski definition) is 0. The number of carbonyl (C=O) groups excluding carboxylic acids is 1. The smallest absolute Gasteiger partial charge is 0.331 e. The highest BCUT2D eigenvalue weighted by molar-refractivity contribution is 5.96. The molecule has 0 bridgehead atoms. The molecule has 1 atom stereocenters. The van der Waals surface area contributed by atoms with Crippen molar-refractivity contribution in [3.63, 3.8) is 0 Å². The molecule has 0 saturated carbocycles. The maximum atomic E-state index is 11.0. The Hall–Kier alpha value is -1.57. The van der Waals surface area contributed by atoms with E-state index in [9.17, 15) is 4.79 Å². The Bertz CT molecular complexity index is 387. The number of rotatable bonds is 1. The first kappa shape index (κ1) is 9.00. The summed E-state index contributed by atoms with van der Waals surface area (Å²) in [5.41, 5.74) is 3.25. The molecule has 0 aromatic heterocycles. The molecule has 2 nitrogen and oxygen atoms in total. The van der Waals surface area contributed by atoms with Crippen molar-refractivity contribution in [3.05, 3.63) is 41.5 Å². The quantitative estimate of drug-likeness (QED) is 0.632. The Morgan fingerprint density at radius 2 is 1.86 bits per heavy atom. The third-order valence-corrected chi connectivity index (χ3v) is 2.39. The predicted octanol–water partition coefficient (Wildman–Crippen LogP) is 2.32. The molecule has 72 valence electrons. The average Bonchev–Trinajstić information content (AvgIpc) is 2.47. The Morgan fingerprint density at radius 3 is 2.36 bits per heavy atom. The van der Waals surface area contributed by atoms with Crippen LogP contribution in [-0.2, 0) is 9.53 Å². The van der Waals surface area contributed by atoms with E-state index < -0.39 is 0 Å². The van der Waals surface area contributed by atoms with E-state index in [4.69, 9.17) is 4.74 Å². The molecule has 14 heavy (non-hydrogen) atoms. The van der Waals surface area contributed by atoms with Crippen LogP contribution in [0.3, 0.4) is 0 Å². The summed E-state index contributed by atoms with van der Waals surface area (Å²) in [6.45, 7) is 3.93. The van der Waals surface area contributed by atoms with Gasteiger partial charge in [-0.2, -0.15) is 0 Å². The van der Waals surface area contributed by atoms with Gasteiger partial charge in [-0.1, -0.05) is 29.8 Å². The van der Waals surface area contributed by atoms with Crippen LogP contribution >= 0.6 is 0 Å². The number of esters is 1. The first-order chi connectivity index (χ1) is 6.66. The largest absolute Gasteiger partial charge is 0.455 e. The van der Waals surface area contributed by atoms with Crippen molar-refractivity contribution in [1.29, 1.82) is 0 Å². The highest BCUT2D eigenvalue weighted by Crippen LogP contribution is 2.25. The van der Waals surface area contributed by atoms with Crippen LogP contribution in [0.4, 0.5) is 0 Å². The summed E-state index contributed by atoms with van der Waals surface area (Å²) in [5, 5.41) is 0. The standard InChI is InChI=1S/C12H12O2/c1-8-3-5-10(6-4-8)11-7-12(13)14-9(11)2/h3-7,9H,1-2H3. The lowest BCUT2D eigenvalue weighted by molar-refractivity contribution is -0.137. The number of carbonyl (C=O) groups is 1. The monoisotopic (exact) mass is 188 g/mol. The van der Waals surface area contributed by atoms with Crippen LogP contribution in [0.2, 0.25) is 0 Å². The van der Waals surface area contributed by atoms with Crippen molar-refractivity contribution >= 4 is 11.5 Å². The lowest BCUT2D eigenvalue weighted by Gasteiger charge is -2.08. The van der Waals surface area contributed by atoms with Crippen LogP contribution < -0.4 is 0 Å². The topological polar surface area (TPSA) is 26.3 Å². The van der Waals surface area contributed by atoms with Gasteiger partial charge >= 0.3 is 5.97 Å².